The third-order valence-electron chi connectivity index (χ3n) is 3.15. The molecule has 0 saturated heterocycles. The summed E-state index contributed by atoms with van der Waals surface area (Å²) in [6.07, 6.45) is 0.738. The molecule has 0 spiro atoms. The van der Waals surface area contributed by atoms with Crippen LogP contribution in [0.25, 0.3) is 0 Å². The molecule has 6 nitrogen and oxygen atoms in total. The lowest BCUT2D eigenvalue weighted by Crippen LogP contribution is -2.41. The highest BCUT2D eigenvalue weighted by molar-refractivity contribution is 5.79. The second-order valence-corrected chi connectivity index (χ2v) is 4.76. The average molecular weight is 294 g/mol. The molecule has 0 aliphatic heterocycles. The van der Waals surface area contributed by atoms with Gasteiger partial charge in [-0.3, -0.25) is 4.79 Å². The van der Waals surface area contributed by atoms with Gasteiger partial charge in [0.25, 0.3) is 0 Å². The predicted molar refractivity (Wildman–Crippen MR) is 79.3 cm³/mol. The molecule has 2 N–H and O–H groups in total. The molecule has 0 fully saturated rings. The Morgan fingerprint density at radius 3 is 2.57 bits per heavy atom. The molecule has 116 valence electrons. The zero-order valence-electron chi connectivity index (χ0n) is 12.4. The lowest BCUT2D eigenvalue weighted by molar-refractivity contribution is -0.138. The summed E-state index contributed by atoms with van der Waals surface area (Å²) >= 11 is 0. The summed E-state index contributed by atoms with van der Waals surface area (Å²) in [5.41, 5.74) is 0.673. The van der Waals surface area contributed by atoms with Crippen LogP contribution in [0.15, 0.2) is 30.3 Å². The van der Waals surface area contributed by atoms with Crippen LogP contribution in [-0.4, -0.2) is 55.9 Å². The Morgan fingerprint density at radius 1 is 1.33 bits per heavy atom. The van der Waals surface area contributed by atoms with E-state index in [1.165, 1.54) is 4.90 Å². The normalized spacial score (nSPS) is 11.7. The Bertz CT molecular complexity index is 450. The van der Waals surface area contributed by atoms with Crippen LogP contribution in [0.1, 0.15) is 17.9 Å². The van der Waals surface area contributed by atoms with E-state index in [1.807, 2.05) is 6.07 Å². The zero-order chi connectivity index (χ0) is 15.7. The van der Waals surface area contributed by atoms with Crippen molar-refractivity contribution < 1.29 is 19.4 Å². The largest absolute Gasteiger partial charge is 0.481 e. The number of rotatable bonds is 8. The summed E-state index contributed by atoms with van der Waals surface area (Å²) in [4.78, 5) is 24.7. The number of amides is 2. The highest BCUT2D eigenvalue weighted by atomic mass is 16.5. The van der Waals surface area contributed by atoms with Gasteiger partial charge in [-0.1, -0.05) is 30.3 Å². The minimum atomic E-state index is -0.955. The summed E-state index contributed by atoms with van der Waals surface area (Å²) in [7, 11) is 3.28. The molecule has 0 bridgehead atoms. The fourth-order valence-corrected chi connectivity index (χ4v) is 1.91. The Balaban J connectivity index is 2.50. The number of benzene rings is 1. The monoisotopic (exact) mass is 294 g/mol. The molecular formula is C15H22N2O4. The topological polar surface area (TPSA) is 78.9 Å². The number of carbonyl (C=O) groups is 2. The molecule has 0 heterocycles. The highest BCUT2D eigenvalue weighted by Crippen LogP contribution is 2.14. The van der Waals surface area contributed by atoms with Crippen molar-refractivity contribution in [1.29, 1.82) is 0 Å². The third-order valence-corrected chi connectivity index (χ3v) is 3.15. The van der Waals surface area contributed by atoms with Crippen molar-refractivity contribution in [2.45, 2.75) is 12.3 Å². The van der Waals surface area contributed by atoms with Gasteiger partial charge in [0.2, 0.25) is 0 Å². The number of carboxylic acid groups (broad SMARTS) is 1. The molecule has 1 aromatic rings. The molecule has 2 amide bonds. The summed E-state index contributed by atoms with van der Waals surface area (Å²) < 4.78 is 4.92. The third kappa shape index (κ3) is 5.83. The number of urea groups is 1. The van der Waals surface area contributed by atoms with Crippen LogP contribution in [0, 0.1) is 0 Å². The summed E-state index contributed by atoms with van der Waals surface area (Å²) in [6, 6.07) is 8.59. The van der Waals surface area contributed by atoms with Crippen molar-refractivity contribution >= 4 is 12.0 Å². The number of nitrogens with one attached hydrogen (secondary N) is 1. The van der Waals surface area contributed by atoms with Crippen molar-refractivity contribution in [2.75, 3.05) is 33.9 Å². The van der Waals surface area contributed by atoms with Crippen molar-refractivity contribution in [1.82, 2.24) is 10.2 Å². The van der Waals surface area contributed by atoms with Crippen LogP contribution in [-0.2, 0) is 9.53 Å². The number of carbonyl (C=O) groups excluding carboxylic acids is 1. The lowest BCUT2D eigenvalue weighted by Gasteiger charge is -2.20. The Labute approximate surface area is 124 Å². The molecule has 0 aliphatic carbocycles. The van der Waals surface area contributed by atoms with Crippen LogP contribution >= 0.6 is 0 Å². The van der Waals surface area contributed by atoms with E-state index >= 15 is 0 Å². The van der Waals surface area contributed by atoms with Gasteiger partial charge in [-0.25, -0.2) is 4.79 Å². The maximum atomic E-state index is 11.9. The quantitative estimate of drug-likeness (QED) is 0.713. The number of carboxylic acids is 1. The first-order chi connectivity index (χ1) is 10.1. The second-order valence-electron chi connectivity index (χ2n) is 4.76. The maximum Gasteiger partial charge on any atom is 0.317 e. The summed E-state index contributed by atoms with van der Waals surface area (Å²) in [6.45, 7) is 1.20. The van der Waals surface area contributed by atoms with E-state index < -0.39 is 11.9 Å². The van der Waals surface area contributed by atoms with E-state index in [2.05, 4.69) is 5.32 Å². The zero-order valence-corrected chi connectivity index (χ0v) is 12.4. The maximum absolute atomic E-state index is 11.9. The minimum Gasteiger partial charge on any atom is -0.481 e. The fourth-order valence-electron chi connectivity index (χ4n) is 1.91. The molecule has 1 atom stereocenters. The average Bonchev–Trinajstić information content (AvgIpc) is 2.48. The molecule has 6 heteroatoms. The van der Waals surface area contributed by atoms with Crippen LogP contribution in [0.4, 0.5) is 4.79 Å². The van der Waals surface area contributed by atoms with Crippen LogP contribution in [0.5, 0.6) is 0 Å². The molecule has 0 radical (unpaired) electrons. The van der Waals surface area contributed by atoms with Crippen LogP contribution < -0.4 is 5.32 Å². The van der Waals surface area contributed by atoms with Crippen molar-refractivity contribution in [3.8, 4) is 0 Å². The first-order valence-corrected chi connectivity index (χ1v) is 6.82. The molecule has 21 heavy (non-hydrogen) atoms. The fraction of sp³-hybridized carbons (Fsp3) is 0.467. The summed E-state index contributed by atoms with van der Waals surface area (Å²) in [5, 5.41) is 11.9. The number of hydrogen-bond acceptors (Lipinski definition) is 3. The molecule has 1 aromatic carbocycles. The van der Waals surface area contributed by atoms with Gasteiger partial charge in [-0.15, -0.1) is 0 Å². The molecular weight excluding hydrogens is 272 g/mol. The van der Waals surface area contributed by atoms with Gasteiger partial charge in [-0.2, -0.15) is 0 Å². The molecule has 0 aliphatic rings. The Morgan fingerprint density at radius 2 is 2.00 bits per heavy atom. The van der Waals surface area contributed by atoms with E-state index in [9.17, 15) is 14.7 Å². The standard InChI is InChI=1S/C15H22N2O4/c1-17(9-6-10-21-2)15(20)16-11-13(14(18)19)12-7-4-3-5-8-12/h3-5,7-8,13H,6,9-11H2,1-2H3,(H,16,20)(H,18,19). The number of aliphatic carboxylic acids is 1. The molecule has 1 rings (SSSR count). The predicted octanol–water partition coefficient (Wildman–Crippen LogP) is 1.53. The number of hydrogen-bond donors (Lipinski definition) is 2. The van der Waals surface area contributed by atoms with Gasteiger partial charge in [0.05, 0.1) is 5.92 Å². The number of ether oxygens (including phenoxy) is 1. The SMILES string of the molecule is COCCCN(C)C(=O)NCC(C(=O)O)c1ccccc1. The smallest absolute Gasteiger partial charge is 0.317 e. The van der Waals surface area contributed by atoms with Crippen molar-refractivity contribution in [2.24, 2.45) is 0 Å². The van der Waals surface area contributed by atoms with E-state index in [1.54, 1.807) is 38.4 Å². The molecule has 1 unspecified atom stereocenters. The van der Waals surface area contributed by atoms with Gasteiger partial charge in [-0.05, 0) is 12.0 Å². The Hall–Kier alpha value is -2.08. The number of nitrogens with zero attached hydrogens (tertiary/aromatic N) is 1. The highest BCUT2D eigenvalue weighted by Gasteiger charge is 2.21. The minimum absolute atomic E-state index is 0.0623. The van der Waals surface area contributed by atoms with Gasteiger partial charge < -0.3 is 20.1 Å². The van der Waals surface area contributed by atoms with E-state index in [4.69, 9.17) is 4.74 Å². The van der Waals surface area contributed by atoms with E-state index in [0.717, 1.165) is 6.42 Å². The van der Waals surface area contributed by atoms with Crippen molar-refractivity contribution in [3.63, 3.8) is 0 Å². The van der Waals surface area contributed by atoms with Gasteiger partial charge in [0.15, 0.2) is 0 Å². The van der Waals surface area contributed by atoms with E-state index in [-0.39, 0.29) is 12.6 Å². The molecule has 0 saturated carbocycles. The van der Waals surface area contributed by atoms with Gasteiger partial charge in [0.1, 0.15) is 0 Å². The molecule has 0 aromatic heterocycles. The van der Waals surface area contributed by atoms with Crippen LogP contribution in [0.3, 0.4) is 0 Å². The van der Waals surface area contributed by atoms with Crippen molar-refractivity contribution in [3.05, 3.63) is 35.9 Å². The number of methoxy groups -OCH3 is 1. The van der Waals surface area contributed by atoms with E-state index in [0.29, 0.717) is 18.7 Å². The first kappa shape index (κ1) is 17.0. The second kappa shape index (κ2) is 8.97. The van der Waals surface area contributed by atoms with Gasteiger partial charge in [0, 0.05) is 33.9 Å². The lowest BCUT2D eigenvalue weighted by atomic mass is 9.99. The Kier molecular flexibility index (Phi) is 7.25. The van der Waals surface area contributed by atoms with Crippen LogP contribution in [0.2, 0.25) is 0 Å². The van der Waals surface area contributed by atoms with Gasteiger partial charge >= 0.3 is 12.0 Å². The first-order valence-electron chi connectivity index (χ1n) is 6.82. The summed E-state index contributed by atoms with van der Waals surface area (Å²) in [5.74, 6) is -1.70.